The molecule has 1 amide bonds. The standard InChI is InChI=1S/C21H31N3O3/c1-14-6-2-3-7-16(14)22-21(27)15-8-12-24(13-9-15)18-17(19(25)20(18)26)23-10-4-5-11-23/h14-16H,2-13H2,1H3,(H,22,27). The Morgan fingerprint density at radius 3 is 1.96 bits per heavy atom. The number of carbonyl (C=O) groups is 1. The smallest absolute Gasteiger partial charge is 0.253 e. The Morgan fingerprint density at radius 1 is 0.815 bits per heavy atom. The van der Waals surface area contributed by atoms with Crippen molar-refractivity contribution in [2.24, 2.45) is 11.8 Å². The van der Waals surface area contributed by atoms with Gasteiger partial charge < -0.3 is 15.1 Å². The van der Waals surface area contributed by atoms with Crippen molar-refractivity contribution in [1.82, 2.24) is 5.32 Å². The zero-order valence-electron chi connectivity index (χ0n) is 16.3. The van der Waals surface area contributed by atoms with Gasteiger partial charge in [-0.05, 0) is 44.4 Å². The molecule has 1 aromatic rings. The van der Waals surface area contributed by atoms with E-state index < -0.39 is 0 Å². The van der Waals surface area contributed by atoms with Crippen LogP contribution in [0.1, 0.15) is 58.3 Å². The number of nitrogens with zero attached hydrogens (tertiary/aromatic N) is 2. The van der Waals surface area contributed by atoms with Crippen LogP contribution in [-0.4, -0.2) is 38.1 Å². The number of anilines is 2. The van der Waals surface area contributed by atoms with Gasteiger partial charge in [0, 0.05) is 38.1 Å². The molecule has 2 heterocycles. The number of rotatable bonds is 4. The molecule has 148 valence electrons. The zero-order valence-corrected chi connectivity index (χ0v) is 16.3. The number of amides is 1. The topological polar surface area (TPSA) is 69.7 Å². The van der Waals surface area contributed by atoms with E-state index in [-0.39, 0.29) is 22.7 Å². The third kappa shape index (κ3) is 3.50. The summed E-state index contributed by atoms with van der Waals surface area (Å²) in [6.45, 7) is 5.35. The third-order valence-corrected chi connectivity index (χ3v) is 6.90. The molecule has 2 unspecified atom stereocenters. The maximum absolute atomic E-state index is 12.7. The molecule has 1 aromatic carbocycles. The van der Waals surface area contributed by atoms with Gasteiger partial charge in [0.05, 0.1) is 0 Å². The molecule has 1 saturated carbocycles. The Bertz CT molecular complexity index is 753. The van der Waals surface area contributed by atoms with E-state index in [1.54, 1.807) is 0 Å². The Hall–Kier alpha value is -1.85. The lowest BCUT2D eigenvalue weighted by molar-refractivity contribution is -0.126. The first kappa shape index (κ1) is 18.5. The predicted octanol–water partition coefficient (Wildman–Crippen LogP) is 1.79. The summed E-state index contributed by atoms with van der Waals surface area (Å²) < 4.78 is 0. The van der Waals surface area contributed by atoms with E-state index in [1.807, 2.05) is 4.90 Å². The van der Waals surface area contributed by atoms with E-state index in [1.165, 1.54) is 19.3 Å². The largest absolute Gasteiger partial charge is 0.366 e. The molecule has 2 saturated heterocycles. The van der Waals surface area contributed by atoms with Crippen molar-refractivity contribution in [2.75, 3.05) is 36.0 Å². The number of piperidine rings is 1. The molecule has 2 atom stereocenters. The lowest BCUT2D eigenvalue weighted by atomic mass is 9.85. The summed E-state index contributed by atoms with van der Waals surface area (Å²) in [5.41, 5.74) is 0.590. The molecular formula is C21H31N3O3. The van der Waals surface area contributed by atoms with Crippen molar-refractivity contribution in [1.29, 1.82) is 0 Å². The van der Waals surface area contributed by atoms with Crippen LogP contribution < -0.4 is 26.0 Å². The molecule has 0 spiro atoms. The van der Waals surface area contributed by atoms with E-state index in [4.69, 9.17) is 0 Å². The second kappa shape index (κ2) is 7.64. The summed E-state index contributed by atoms with van der Waals surface area (Å²) in [4.78, 5) is 41.1. The molecule has 2 aliphatic heterocycles. The third-order valence-electron chi connectivity index (χ3n) is 6.90. The van der Waals surface area contributed by atoms with Crippen molar-refractivity contribution >= 4 is 17.3 Å². The van der Waals surface area contributed by atoms with Gasteiger partial charge in [-0.1, -0.05) is 19.8 Å². The molecule has 1 N–H and O–H groups in total. The highest BCUT2D eigenvalue weighted by Crippen LogP contribution is 2.31. The molecule has 6 nitrogen and oxygen atoms in total. The van der Waals surface area contributed by atoms with Gasteiger partial charge in [0.2, 0.25) is 5.91 Å². The van der Waals surface area contributed by atoms with E-state index >= 15 is 0 Å². The van der Waals surface area contributed by atoms with Crippen LogP contribution >= 0.6 is 0 Å². The fourth-order valence-electron chi connectivity index (χ4n) is 5.09. The van der Waals surface area contributed by atoms with E-state index in [9.17, 15) is 14.4 Å². The molecule has 4 rings (SSSR count). The van der Waals surface area contributed by atoms with Crippen molar-refractivity contribution in [3.05, 3.63) is 20.4 Å². The van der Waals surface area contributed by atoms with E-state index in [0.717, 1.165) is 45.2 Å². The van der Waals surface area contributed by atoms with Crippen LogP contribution in [0.3, 0.4) is 0 Å². The van der Waals surface area contributed by atoms with Gasteiger partial charge in [-0.15, -0.1) is 0 Å². The molecule has 27 heavy (non-hydrogen) atoms. The fourth-order valence-corrected chi connectivity index (χ4v) is 5.09. The minimum atomic E-state index is -0.337. The lowest BCUT2D eigenvalue weighted by Crippen LogP contribution is -2.50. The molecule has 0 bridgehead atoms. The van der Waals surface area contributed by atoms with Gasteiger partial charge in [-0.25, -0.2) is 0 Å². The number of carbonyl (C=O) groups excluding carboxylic acids is 1. The van der Waals surface area contributed by atoms with Gasteiger partial charge in [-0.3, -0.25) is 14.4 Å². The maximum atomic E-state index is 12.7. The summed E-state index contributed by atoms with van der Waals surface area (Å²) in [7, 11) is 0. The van der Waals surface area contributed by atoms with Crippen LogP contribution in [0, 0.1) is 11.8 Å². The zero-order chi connectivity index (χ0) is 19.0. The minimum Gasteiger partial charge on any atom is -0.366 e. The fraction of sp³-hybridized carbons (Fsp3) is 0.762. The summed E-state index contributed by atoms with van der Waals surface area (Å²) in [6, 6.07) is 0.319. The highest BCUT2D eigenvalue weighted by molar-refractivity contribution is 5.80. The number of hydrogen-bond donors (Lipinski definition) is 1. The van der Waals surface area contributed by atoms with Gasteiger partial charge in [-0.2, -0.15) is 0 Å². The van der Waals surface area contributed by atoms with Crippen LogP contribution in [0.15, 0.2) is 9.59 Å². The van der Waals surface area contributed by atoms with Gasteiger partial charge in [0.25, 0.3) is 10.9 Å². The lowest BCUT2D eigenvalue weighted by Gasteiger charge is -2.37. The average molecular weight is 373 g/mol. The van der Waals surface area contributed by atoms with Crippen LogP contribution in [0.25, 0.3) is 0 Å². The highest BCUT2D eigenvalue weighted by Gasteiger charge is 2.35. The summed E-state index contributed by atoms with van der Waals surface area (Å²) in [6.07, 6.45) is 8.45. The van der Waals surface area contributed by atoms with Gasteiger partial charge >= 0.3 is 0 Å². The average Bonchev–Trinajstić information content (AvgIpc) is 3.21. The van der Waals surface area contributed by atoms with E-state index in [2.05, 4.69) is 17.1 Å². The SMILES string of the molecule is CC1CCCCC1NC(=O)C1CCN(c2c(N3CCCC3)c(=O)c2=O)CC1. The van der Waals surface area contributed by atoms with Crippen LogP contribution in [-0.2, 0) is 4.79 Å². The van der Waals surface area contributed by atoms with Crippen molar-refractivity contribution in [3.8, 4) is 0 Å². The summed E-state index contributed by atoms with van der Waals surface area (Å²) in [5.74, 6) is 0.768. The first-order chi connectivity index (χ1) is 13.1. The van der Waals surface area contributed by atoms with Crippen LogP contribution in [0.4, 0.5) is 11.4 Å². The van der Waals surface area contributed by atoms with E-state index in [0.29, 0.717) is 36.4 Å². The number of hydrogen-bond acceptors (Lipinski definition) is 5. The Labute approximate surface area is 160 Å². The van der Waals surface area contributed by atoms with Crippen molar-refractivity contribution < 1.29 is 4.79 Å². The molecule has 3 fully saturated rings. The first-order valence-electron chi connectivity index (χ1n) is 10.7. The van der Waals surface area contributed by atoms with Crippen LogP contribution in [0.5, 0.6) is 0 Å². The molecular weight excluding hydrogens is 342 g/mol. The maximum Gasteiger partial charge on any atom is 0.253 e. The highest BCUT2D eigenvalue weighted by atomic mass is 16.2. The Balaban J connectivity index is 1.35. The molecule has 3 aliphatic rings. The van der Waals surface area contributed by atoms with Crippen molar-refractivity contribution in [2.45, 2.75) is 64.3 Å². The molecule has 1 aliphatic carbocycles. The Kier molecular flexibility index (Phi) is 5.24. The first-order valence-corrected chi connectivity index (χ1v) is 10.7. The number of nitrogens with one attached hydrogen (secondary N) is 1. The van der Waals surface area contributed by atoms with Crippen molar-refractivity contribution in [3.63, 3.8) is 0 Å². The van der Waals surface area contributed by atoms with Gasteiger partial charge in [0.15, 0.2) is 0 Å². The monoisotopic (exact) mass is 373 g/mol. The summed E-state index contributed by atoms with van der Waals surface area (Å²) in [5, 5.41) is 3.28. The summed E-state index contributed by atoms with van der Waals surface area (Å²) >= 11 is 0. The second-order valence-corrected chi connectivity index (χ2v) is 8.69. The molecule has 6 heteroatoms. The van der Waals surface area contributed by atoms with Crippen LogP contribution in [0.2, 0.25) is 0 Å². The predicted molar refractivity (Wildman–Crippen MR) is 107 cm³/mol. The second-order valence-electron chi connectivity index (χ2n) is 8.69. The quantitative estimate of drug-likeness (QED) is 0.815. The molecule has 0 aromatic heterocycles. The normalized spacial score (nSPS) is 27.3. The van der Waals surface area contributed by atoms with Gasteiger partial charge in [0.1, 0.15) is 11.4 Å². The minimum absolute atomic E-state index is 0.0251. The molecule has 0 radical (unpaired) electrons. The Morgan fingerprint density at radius 2 is 1.37 bits per heavy atom.